The van der Waals surface area contributed by atoms with Gasteiger partial charge in [-0.15, -0.1) is 6.42 Å². The van der Waals surface area contributed by atoms with Crippen LogP contribution in [0.15, 0.2) is 42.6 Å². The molecule has 0 aromatic carbocycles. The van der Waals surface area contributed by atoms with Crippen LogP contribution in [0.25, 0.3) is 11.4 Å². The van der Waals surface area contributed by atoms with E-state index in [-0.39, 0.29) is 67.0 Å². The van der Waals surface area contributed by atoms with Crippen molar-refractivity contribution in [1.82, 2.24) is 9.97 Å². The van der Waals surface area contributed by atoms with E-state index in [0.717, 1.165) is 17.1 Å². The van der Waals surface area contributed by atoms with Crippen LogP contribution in [0.2, 0.25) is 0 Å². The van der Waals surface area contributed by atoms with E-state index in [0.29, 0.717) is 6.42 Å². The maximum Gasteiger partial charge on any atom is 3.00 e. The molecule has 2 aromatic heterocycles. The summed E-state index contributed by atoms with van der Waals surface area (Å²) in [4.78, 5) is 8.68. The van der Waals surface area contributed by atoms with Crippen molar-refractivity contribution >= 4 is 0 Å². The molecule has 2 aromatic rings. The largest absolute Gasteiger partial charge is 3.00 e. The zero-order chi connectivity index (χ0) is 13.8. The summed E-state index contributed by atoms with van der Waals surface area (Å²) in [6, 6.07) is 11.7. The van der Waals surface area contributed by atoms with Crippen LogP contribution in [0.3, 0.4) is 0 Å². The van der Waals surface area contributed by atoms with E-state index < -0.39 is 0 Å². The molecule has 4 heteroatoms. The van der Waals surface area contributed by atoms with Crippen molar-refractivity contribution in [1.29, 1.82) is 0 Å². The second-order valence-electron chi connectivity index (χ2n) is 2.98. The minimum atomic E-state index is 0. The molecule has 0 spiro atoms. The maximum atomic E-state index is 4.44. The Kier molecular flexibility index (Phi) is 35.6. The van der Waals surface area contributed by atoms with Gasteiger partial charge in [-0.25, -0.2) is 0 Å². The van der Waals surface area contributed by atoms with E-state index in [9.17, 15) is 0 Å². The third-order valence-corrected chi connectivity index (χ3v) is 1.99. The van der Waals surface area contributed by atoms with Gasteiger partial charge in [-0.1, -0.05) is 39.8 Å². The molecule has 2 rings (SSSR count). The van der Waals surface area contributed by atoms with Gasteiger partial charge in [-0.2, -0.15) is 0 Å². The second-order valence-corrected chi connectivity index (χ2v) is 2.98. The summed E-state index contributed by atoms with van der Waals surface area (Å²) in [5.74, 6) is 0. The van der Waals surface area contributed by atoms with E-state index in [1.165, 1.54) is 0 Å². The molecule has 0 amide bonds. The van der Waals surface area contributed by atoms with Gasteiger partial charge in [0.2, 0.25) is 0 Å². The Morgan fingerprint density at radius 1 is 0.864 bits per heavy atom. The van der Waals surface area contributed by atoms with Crippen molar-refractivity contribution in [3.05, 3.63) is 70.1 Å². The van der Waals surface area contributed by atoms with Gasteiger partial charge in [-0.05, 0) is 24.3 Å². The average Bonchev–Trinajstić information content (AvgIpc) is 2.52. The Bertz CT molecular complexity index is 422. The van der Waals surface area contributed by atoms with Crippen molar-refractivity contribution in [3.63, 3.8) is 0 Å². The van der Waals surface area contributed by atoms with Gasteiger partial charge in [0.1, 0.15) is 0 Å². The fourth-order valence-corrected chi connectivity index (χ4v) is 1.28. The predicted octanol–water partition coefficient (Wildman–Crippen LogP) is 5.47. The summed E-state index contributed by atoms with van der Waals surface area (Å²) in [5.41, 5.74) is 2.81. The molecule has 0 N–H and O–H groups in total. The Labute approximate surface area is 176 Å². The van der Waals surface area contributed by atoms with Gasteiger partial charge in [0, 0.05) is 44.6 Å². The summed E-state index contributed by atoms with van der Waals surface area (Å²) in [5, 5.41) is 0. The Balaban J connectivity index is -0.000000112. The Hall–Kier alpha value is 0.0273. The Morgan fingerprint density at radius 2 is 1.41 bits per heavy atom. The first kappa shape index (κ1) is 33.6. The van der Waals surface area contributed by atoms with Crippen molar-refractivity contribution in [3.8, 4) is 11.4 Å². The van der Waals surface area contributed by atoms with E-state index in [4.69, 9.17) is 0 Å². The maximum absolute atomic E-state index is 4.44. The molecule has 0 fully saturated rings. The van der Waals surface area contributed by atoms with Crippen LogP contribution in [0.1, 0.15) is 33.4 Å². The normalized spacial score (nSPS) is 6.95. The van der Waals surface area contributed by atoms with Crippen molar-refractivity contribution in [2.24, 2.45) is 0 Å². The third kappa shape index (κ3) is 12.6. The first-order chi connectivity index (χ1) is 8.90. The molecule has 0 atom stereocenters. The van der Waals surface area contributed by atoms with Gasteiger partial charge < -0.3 is 21.8 Å². The van der Waals surface area contributed by atoms with Gasteiger partial charge in [0.25, 0.3) is 0 Å². The van der Waals surface area contributed by atoms with Gasteiger partial charge in [0.15, 0.2) is 0 Å². The second kappa shape index (κ2) is 23.3. The fourth-order valence-electron chi connectivity index (χ4n) is 1.28. The summed E-state index contributed by atoms with van der Waals surface area (Å²) >= 11 is 0. The van der Waals surface area contributed by atoms with Crippen molar-refractivity contribution < 1.29 is 52.2 Å². The zero-order valence-electron chi connectivity index (χ0n) is 14.8. The first-order valence-electron chi connectivity index (χ1n) is 6.57. The van der Waals surface area contributed by atoms with E-state index in [1.54, 1.807) is 6.20 Å². The molecule has 0 unspecified atom stereocenters. The molecule has 0 saturated carbocycles. The topological polar surface area (TPSA) is 25.8 Å². The van der Waals surface area contributed by atoms with Gasteiger partial charge >= 0.3 is 19.5 Å². The third-order valence-electron chi connectivity index (χ3n) is 1.99. The van der Waals surface area contributed by atoms with Crippen LogP contribution in [-0.4, -0.2) is 9.97 Å². The summed E-state index contributed by atoms with van der Waals surface area (Å²) in [7, 11) is 0. The molecule has 2 nitrogen and oxygen atoms in total. The van der Waals surface area contributed by atoms with Crippen LogP contribution in [0.4, 0.5) is 0 Å². The molecule has 0 aliphatic rings. The molecule has 22 heavy (non-hydrogen) atoms. The molecule has 0 aliphatic heterocycles. The summed E-state index contributed by atoms with van der Waals surface area (Å²) in [6.45, 7) is 11.8. The minimum absolute atomic E-state index is 0. The molecule has 0 saturated heterocycles. The Morgan fingerprint density at radius 3 is 1.86 bits per heavy atom. The zero-order valence-corrected chi connectivity index (χ0v) is 19.4. The van der Waals surface area contributed by atoms with Crippen LogP contribution in [0.5, 0.6) is 0 Å². The van der Waals surface area contributed by atoms with Crippen LogP contribution in [0, 0.1) is 21.8 Å². The average molecular weight is 463 g/mol. The number of pyridine rings is 2. The fraction of sp³-hybridized carbons (Fsp3) is 0.278. The first-order valence-corrected chi connectivity index (χ1v) is 6.57. The molecular weight excluding hydrogens is 434 g/mol. The quantitative estimate of drug-likeness (QED) is 0.436. The number of aromatic nitrogens is 2. The van der Waals surface area contributed by atoms with E-state index in [1.807, 2.05) is 64.1 Å². The molecule has 2 radical (unpaired) electrons. The van der Waals surface area contributed by atoms with Crippen LogP contribution < -0.4 is 0 Å². The van der Waals surface area contributed by atoms with Crippen LogP contribution >= 0.6 is 0 Å². The molecule has 2 heterocycles. The summed E-state index contributed by atoms with van der Waals surface area (Å²) < 4.78 is 0. The van der Waals surface area contributed by atoms with Gasteiger partial charge in [-0.3, -0.25) is 9.97 Å². The number of hydrogen-bond acceptors (Lipinski definition) is 2. The van der Waals surface area contributed by atoms with E-state index in [2.05, 4.69) is 16.9 Å². The number of nitrogens with zero attached hydrogens (tertiary/aromatic N) is 2. The standard InChI is InChI=1S/C12H11N2.2C2H6.2CH3.Ru.Y/c1-2-10-6-5-8-12(14-10)11-7-3-4-9-13-11;2*1-2;;;;/h3-9H,1-2H2;2*1-2H3;2*1H3;;/q-1;;;2*-1;+3;. The molecule has 0 bridgehead atoms. The van der Waals surface area contributed by atoms with Crippen molar-refractivity contribution in [2.75, 3.05) is 0 Å². The van der Waals surface area contributed by atoms with Crippen molar-refractivity contribution in [2.45, 2.75) is 34.1 Å². The summed E-state index contributed by atoms with van der Waals surface area (Å²) in [6.07, 6.45) is 2.48. The van der Waals surface area contributed by atoms with E-state index >= 15 is 0 Å². The molecule has 0 aliphatic carbocycles. The number of rotatable bonds is 2. The SMILES string of the molecule is CC.CC.[CH2-]Cc1cccc(-c2ccccn2)n1.[CH3-].[CH3-].[Ru+3].[Y]. The molecular formula is C18H29N2RuY. The predicted molar refractivity (Wildman–Crippen MR) is 92.1 cm³/mol. The smallest absolute Gasteiger partial charge is 0.358 e. The monoisotopic (exact) mass is 464 g/mol. The number of hydrogen-bond donors (Lipinski definition) is 0. The van der Waals surface area contributed by atoms with Gasteiger partial charge in [0.05, 0.1) is 11.4 Å². The molecule has 122 valence electrons. The van der Waals surface area contributed by atoms with Crippen LogP contribution in [-0.2, 0) is 58.6 Å². The minimum Gasteiger partial charge on any atom is -0.358 e.